The van der Waals surface area contributed by atoms with Gasteiger partial charge in [0.15, 0.2) is 0 Å². The average Bonchev–Trinajstić information content (AvgIpc) is 2.76. The van der Waals surface area contributed by atoms with Crippen molar-refractivity contribution in [2.75, 3.05) is 5.32 Å². The van der Waals surface area contributed by atoms with Crippen molar-refractivity contribution in [3.05, 3.63) is 58.6 Å². The number of hydrogen-bond acceptors (Lipinski definition) is 2. The Bertz CT molecular complexity index is 695. The van der Waals surface area contributed by atoms with Crippen molar-refractivity contribution in [2.24, 2.45) is 0 Å². The van der Waals surface area contributed by atoms with E-state index in [4.69, 9.17) is 16.3 Å². The van der Waals surface area contributed by atoms with E-state index in [1.807, 2.05) is 50.2 Å². The quantitative estimate of drug-likeness (QED) is 0.907. The lowest BCUT2D eigenvalue weighted by Crippen LogP contribution is -2.14. The van der Waals surface area contributed by atoms with Crippen LogP contribution in [0.1, 0.15) is 30.9 Å². The lowest BCUT2D eigenvalue weighted by atomic mass is 9.93. The highest BCUT2D eigenvalue weighted by atomic mass is 35.5. The summed E-state index contributed by atoms with van der Waals surface area (Å²) in [5.41, 5.74) is 2.93. The monoisotopic (exact) mass is 315 g/mol. The van der Waals surface area contributed by atoms with Crippen LogP contribution in [-0.2, 0) is 11.2 Å². The largest absolute Gasteiger partial charge is 0.491 e. The lowest BCUT2D eigenvalue weighted by molar-refractivity contribution is -0.117. The third-order valence-corrected chi connectivity index (χ3v) is 3.93. The van der Waals surface area contributed by atoms with E-state index in [9.17, 15) is 4.79 Å². The molecule has 0 aliphatic carbocycles. The smallest absolute Gasteiger partial charge is 0.232 e. The van der Waals surface area contributed by atoms with Gasteiger partial charge in [0, 0.05) is 10.7 Å². The Morgan fingerprint density at radius 1 is 1.18 bits per heavy atom. The van der Waals surface area contributed by atoms with Crippen LogP contribution >= 0.6 is 11.6 Å². The highest BCUT2D eigenvalue weighted by molar-refractivity contribution is 6.31. The van der Waals surface area contributed by atoms with Gasteiger partial charge in [0.2, 0.25) is 5.91 Å². The van der Waals surface area contributed by atoms with Gasteiger partial charge in [-0.1, -0.05) is 23.7 Å². The first-order chi connectivity index (χ1) is 10.5. The zero-order valence-corrected chi connectivity index (χ0v) is 13.4. The molecule has 2 aromatic rings. The van der Waals surface area contributed by atoms with Gasteiger partial charge in [-0.05, 0) is 61.7 Å². The second-order valence-electron chi connectivity index (χ2n) is 5.79. The minimum absolute atomic E-state index is 0.0276. The van der Waals surface area contributed by atoms with E-state index in [1.165, 1.54) is 0 Å². The Morgan fingerprint density at radius 3 is 2.59 bits per heavy atom. The van der Waals surface area contributed by atoms with Crippen LogP contribution in [0.25, 0.3) is 0 Å². The van der Waals surface area contributed by atoms with Crippen LogP contribution < -0.4 is 10.1 Å². The summed E-state index contributed by atoms with van der Waals surface area (Å²) in [4.78, 5) is 12.2. The van der Waals surface area contributed by atoms with Gasteiger partial charge in [-0.3, -0.25) is 4.79 Å². The summed E-state index contributed by atoms with van der Waals surface area (Å²) in [5.74, 6) is 0.684. The van der Waals surface area contributed by atoms with Crippen LogP contribution in [0.3, 0.4) is 0 Å². The minimum Gasteiger partial charge on any atom is -0.491 e. The number of rotatable bonds is 4. The Labute approximate surface area is 135 Å². The van der Waals surface area contributed by atoms with E-state index in [0.717, 1.165) is 22.6 Å². The molecule has 3 rings (SSSR count). The van der Waals surface area contributed by atoms with Crippen LogP contribution in [0.2, 0.25) is 5.02 Å². The van der Waals surface area contributed by atoms with Crippen LogP contribution in [0.4, 0.5) is 5.69 Å². The first-order valence-electron chi connectivity index (χ1n) is 7.39. The standard InChI is InChI=1S/C18H18ClNO2/c1-11(2)22-14-6-3-12(4-7-14)9-16-15-10-13(19)5-8-17(15)20-18(16)21/h3-8,10-11,16H,9H2,1-2H3,(H,20,21). The molecule has 1 aliphatic heterocycles. The van der Waals surface area contributed by atoms with Gasteiger partial charge >= 0.3 is 0 Å². The molecule has 3 nitrogen and oxygen atoms in total. The molecule has 1 amide bonds. The summed E-state index contributed by atoms with van der Waals surface area (Å²) in [5, 5.41) is 3.56. The van der Waals surface area contributed by atoms with Gasteiger partial charge < -0.3 is 10.1 Å². The molecule has 0 fully saturated rings. The Kier molecular flexibility index (Phi) is 4.08. The third kappa shape index (κ3) is 3.09. The van der Waals surface area contributed by atoms with Crippen LogP contribution in [-0.4, -0.2) is 12.0 Å². The number of anilines is 1. The molecule has 0 bridgehead atoms. The first-order valence-corrected chi connectivity index (χ1v) is 7.76. The van der Waals surface area contributed by atoms with Gasteiger partial charge in [-0.25, -0.2) is 0 Å². The average molecular weight is 316 g/mol. The molecule has 114 valence electrons. The minimum atomic E-state index is -0.189. The number of nitrogens with one attached hydrogen (secondary N) is 1. The zero-order valence-electron chi connectivity index (χ0n) is 12.6. The highest BCUT2D eigenvalue weighted by Gasteiger charge is 2.30. The number of carbonyl (C=O) groups excluding carboxylic acids is 1. The summed E-state index contributed by atoms with van der Waals surface area (Å²) in [7, 11) is 0. The molecule has 0 aromatic heterocycles. The van der Waals surface area contributed by atoms with E-state index in [1.54, 1.807) is 6.07 Å². The fourth-order valence-corrected chi connectivity index (χ4v) is 2.89. The molecular weight excluding hydrogens is 298 g/mol. The van der Waals surface area contributed by atoms with Crippen molar-refractivity contribution in [3.63, 3.8) is 0 Å². The topological polar surface area (TPSA) is 38.3 Å². The van der Waals surface area contributed by atoms with Crippen LogP contribution in [0.5, 0.6) is 5.75 Å². The summed E-state index contributed by atoms with van der Waals surface area (Å²) in [6.45, 7) is 3.99. The molecule has 1 N–H and O–H groups in total. The molecule has 0 saturated carbocycles. The van der Waals surface area contributed by atoms with E-state index >= 15 is 0 Å². The summed E-state index contributed by atoms with van der Waals surface area (Å²) >= 11 is 6.05. The molecule has 4 heteroatoms. The normalized spacial score (nSPS) is 16.5. The predicted molar refractivity (Wildman–Crippen MR) is 88.7 cm³/mol. The summed E-state index contributed by atoms with van der Waals surface area (Å²) < 4.78 is 5.64. The molecule has 1 aliphatic rings. The van der Waals surface area contributed by atoms with E-state index in [2.05, 4.69) is 5.32 Å². The summed E-state index contributed by atoms with van der Waals surface area (Å²) in [6, 6.07) is 13.4. The lowest BCUT2D eigenvalue weighted by Gasteiger charge is -2.12. The van der Waals surface area contributed by atoms with Gasteiger partial charge in [-0.15, -0.1) is 0 Å². The number of fused-ring (bicyclic) bond motifs is 1. The van der Waals surface area contributed by atoms with Crippen LogP contribution in [0.15, 0.2) is 42.5 Å². The molecule has 0 radical (unpaired) electrons. The molecule has 1 atom stereocenters. The fraction of sp³-hybridized carbons (Fsp3) is 0.278. The second kappa shape index (κ2) is 6.01. The number of carbonyl (C=O) groups is 1. The van der Waals surface area contributed by atoms with Crippen molar-refractivity contribution in [1.82, 2.24) is 0 Å². The maximum Gasteiger partial charge on any atom is 0.232 e. The predicted octanol–water partition coefficient (Wildman–Crippen LogP) is 4.41. The van der Waals surface area contributed by atoms with Crippen molar-refractivity contribution in [1.29, 1.82) is 0 Å². The number of benzene rings is 2. The van der Waals surface area contributed by atoms with Gasteiger partial charge in [0.05, 0.1) is 12.0 Å². The zero-order chi connectivity index (χ0) is 15.7. The SMILES string of the molecule is CC(C)Oc1ccc(CC2C(=O)Nc3ccc(Cl)cc32)cc1. The molecule has 22 heavy (non-hydrogen) atoms. The molecular formula is C18H18ClNO2. The van der Waals surface area contributed by atoms with Crippen molar-refractivity contribution in [2.45, 2.75) is 32.3 Å². The number of halogens is 1. The van der Waals surface area contributed by atoms with Gasteiger partial charge in [0.25, 0.3) is 0 Å². The van der Waals surface area contributed by atoms with Crippen molar-refractivity contribution in [3.8, 4) is 5.75 Å². The van der Waals surface area contributed by atoms with Gasteiger partial charge in [0.1, 0.15) is 5.75 Å². The summed E-state index contributed by atoms with van der Waals surface area (Å²) in [6.07, 6.45) is 0.807. The fourth-order valence-electron chi connectivity index (χ4n) is 2.71. The second-order valence-corrected chi connectivity index (χ2v) is 6.22. The van der Waals surface area contributed by atoms with Crippen molar-refractivity contribution >= 4 is 23.2 Å². The molecule has 0 saturated heterocycles. The van der Waals surface area contributed by atoms with E-state index < -0.39 is 0 Å². The molecule has 2 aromatic carbocycles. The Balaban J connectivity index is 1.79. The van der Waals surface area contributed by atoms with E-state index in [0.29, 0.717) is 11.4 Å². The number of hydrogen-bond donors (Lipinski definition) is 1. The first kappa shape index (κ1) is 14.9. The number of ether oxygens (including phenoxy) is 1. The number of amides is 1. The van der Waals surface area contributed by atoms with Crippen LogP contribution in [0, 0.1) is 0 Å². The Hall–Kier alpha value is -2.00. The van der Waals surface area contributed by atoms with Gasteiger partial charge in [-0.2, -0.15) is 0 Å². The maximum absolute atomic E-state index is 12.2. The highest BCUT2D eigenvalue weighted by Crippen LogP contribution is 2.36. The maximum atomic E-state index is 12.2. The molecule has 1 unspecified atom stereocenters. The third-order valence-electron chi connectivity index (χ3n) is 3.70. The van der Waals surface area contributed by atoms with E-state index in [-0.39, 0.29) is 17.9 Å². The Morgan fingerprint density at radius 2 is 1.91 bits per heavy atom. The van der Waals surface area contributed by atoms with Crippen molar-refractivity contribution < 1.29 is 9.53 Å². The molecule has 1 heterocycles. The molecule has 0 spiro atoms.